The van der Waals surface area contributed by atoms with Crippen molar-refractivity contribution < 1.29 is 0 Å². The molecule has 0 aliphatic carbocycles. The molecule has 0 saturated carbocycles. The molecule has 0 aliphatic heterocycles. The van der Waals surface area contributed by atoms with Crippen LogP contribution in [0.3, 0.4) is 0 Å². The number of rotatable bonds is 4. The maximum atomic E-state index is 4.61. The van der Waals surface area contributed by atoms with E-state index < -0.39 is 8.07 Å². The summed E-state index contributed by atoms with van der Waals surface area (Å²) in [4.78, 5) is 4.61. The van der Waals surface area contributed by atoms with Crippen molar-refractivity contribution in [3.8, 4) is 0 Å². The first kappa shape index (κ1) is 15.4. The van der Waals surface area contributed by atoms with Crippen LogP contribution in [0.15, 0.2) is 90.8 Å². The summed E-state index contributed by atoms with van der Waals surface area (Å²) in [6, 6.07) is 27.5. The molecule has 0 N–H and O–H groups in total. The lowest BCUT2D eigenvalue weighted by Gasteiger charge is -2.20. The highest BCUT2D eigenvalue weighted by molar-refractivity contribution is 6.94. The summed E-state index contributed by atoms with van der Waals surface area (Å²) in [6.45, 7) is 4.70. The summed E-state index contributed by atoms with van der Waals surface area (Å²) >= 11 is 0. The normalized spacial score (nSPS) is 11.0. The van der Waals surface area contributed by atoms with Crippen LogP contribution in [-0.4, -0.2) is 13.1 Å². The maximum absolute atomic E-state index is 4.61. The van der Waals surface area contributed by atoms with Crippen molar-refractivity contribution in [3.63, 3.8) is 0 Å². The van der Waals surface area contributed by atoms with Gasteiger partial charge in [-0.25, -0.2) is 0 Å². The van der Waals surface area contributed by atoms with Crippen molar-refractivity contribution in [3.05, 3.63) is 102 Å². The third kappa shape index (κ3) is 3.66. The summed E-state index contributed by atoms with van der Waals surface area (Å²) in [6.07, 6.45) is 1.89. The zero-order valence-corrected chi connectivity index (χ0v) is 14.6. The highest BCUT2D eigenvalue weighted by atomic mass is 28.3. The molecule has 23 heavy (non-hydrogen) atoms. The highest BCUT2D eigenvalue weighted by Gasteiger charge is 2.23. The summed E-state index contributed by atoms with van der Waals surface area (Å²) in [5, 5.41) is 1.21. The zero-order valence-electron chi connectivity index (χ0n) is 13.6. The molecule has 0 radical (unpaired) electrons. The molecule has 114 valence electrons. The van der Waals surface area contributed by atoms with E-state index in [0.717, 1.165) is 0 Å². The topological polar surface area (TPSA) is 12.9 Å². The third-order valence-corrected chi connectivity index (χ3v) is 6.63. The van der Waals surface area contributed by atoms with Crippen molar-refractivity contribution in [1.82, 2.24) is 4.98 Å². The van der Waals surface area contributed by atoms with Gasteiger partial charge in [0.2, 0.25) is 0 Å². The Hall–Kier alpha value is -2.45. The van der Waals surface area contributed by atoms with Gasteiger partial charge < -0.3 is 0 Å². The molecule has 0 atom stereocenters. The minimum absolute atomic E-state index is 1.21. The molecule has 3 aromatic rings. The molecule has 1 heterocycles. The quantitative estimate of drug-likeness (QED) is 0.638. The third-order valence-electron chi connectivity index (χ3n) is 4.00. The van der Waals surface area contributed by atoms with E-state index in [4.69, 9.17) is 0 Å². The van der Waals surface area contributed by atoms with Crippen LogP contribution >= 0.6 is 0 Å². The smallest absolute Gasteiger partial charge is 0.128 e. The van der Waals surface area contributed by atoms with E-state index in [9.17, 15) is 0 Å². The molecule has 2 aromatic carbocycles. The molecule has 3 rings (SSSR count). The van der Waals surface area contributed by atoms with Gasteiger partial charge in [0.05, 0.1) is 0 Å². The molecule has 0 amide bonds. The van der Waals surface area contributed by atoms with Crippen molar-refractivity contribution in [2.45, 2.75) is 13.1 Å². The first-order chi connectivity index (χ1) is 11.2. The Labute approximate surface area is 139 Å². The Bertz CT molecular complexity index is 736. The molecule has 0 unspecified atom stereocenters. The second-order valence-corrected chi connectivity index (χ2v) is 10.5. The van der Waals surface area contributed by atoms with Gasteiger partial charge in [-0.1, -0.05) is 85.5 Å². The lowest BCUT2D eigenvalue weighted by Crippen LogP contribution is -2.41. The molecule has 0 saturated heterocycles. The van der Waals surface area contributed by atoms with Crippen LogP contribution in [0.1, 0.15) is 11.1 Å². The second-order valence-electron chi connectivity index (χ2n) is 6.23. The zero-order chi connectivity index (χ0) is 16.1. The molecule has 2 heteroatoms. The van der Waals surface area contributed by atoms with Gasteiger partial charge in [-0.15, -0.1) is 0 Å². The lowest BCUT2D eigenvalue weighted by atomic mass is 10.00. The van der Waals surface area contributed by atoms with E-state index in [0.29, 0.717) is 0 Å². The monoisotopic (exact) mass is 315 g/mol. The van der Waals surface area contributed by atoms with E-state index in [-0.39, 0.29) is 0 Å². The van der Waals surface area contributed by atoms with Gasteiger partial charge in [0.25, 0.3) is 0 Å². The van der Waals surface area contributed by atoms with Crippen LogP contribution in [-0.2, 0) is 0 Å². The molecule has 0 aliphatic rings. The van der Waals surface area contributed by atoms with E-state index in [1.807, 2.05) is 12.3 Å². The SMILES string of the molecule is C[Si](C)(C=C(c1ccccc1)c1ccccc1)c1ccccn1. The number of nitrogens with zero attached hydrogens (tertiary/aromatic N) is 1. The molecular formula is C21H21NSi. The Kier molecular flexibility index (Phi) is 4.54. The minimum atomic E-state index is -1.78. The Morgan fingerprint density at radius 3 is 1.74 bits per heavy atom. The Morgan fingerprint density at radius 2 is 1.26 bits per heavy atom. The Morgan fingerprint density at radius 1 is 0.739 bits per heavy atom. The first-order valence-electron chi connectivity index (χ1n) is 7.92. The van der Waals surface area contributed by atoms with E-state index in [1.165, 1.54) is 22.0 Å². The van der Waals surface area contributed by atoms with Gasteiger partial charge in [-0.3, -0.25) is 4.98 Å². The van der Waals surface area contributed by atoms with Gasteiger partial charge in [-0.2, -0.15) is 0 Å². The molecule has 1 nitrogen and oxygen atoms in total. The lowest BCUT2D eigenvalue weighted by molar-refractivity contribution is 1.37. The fourth-order valence-corrected chi connectivity index (χ4v) is 4.88. The van der Waals surface area contributed by atoms with Crippen LogP contribution < -0.4 is 5.32 Å². The summed E-state index contributed by atoms with van der Waals surface area (Å²) in [5.74, 6) is 0. The number of pyridine rings is 1. The highest BCUT2D eigenvalue weighted by Crippen LogP contribution is 2.25. The fourth-order valence-electron chi connectivity index (χ4n) is 2.75. The van der Waals surface area contributed by atoms with Gasteiger partial charge in [-0.05, 0) is 28.8 Å². The number of benzene rings is 2. The number of hydrogen-bond acceptors (Lipinski definition) is 1. The van der Waals surface area contributed by atoms with Gasteiger partial charge in [0, 0.05) is 11.5 Å². The fraction of sp³-hybridized carbons (Fsp3) is 0.0952. The van der Waals surface area contributed by atoms with Crippen LogP contribution in [0.4, 0.5) is 0 Å². The second kappa shape index (κ2) is 6.76. The van der Waals surface area contributed by atoms with Crippen molar-refractivity contribution >= 4 is 19.0 Å². The molecule has 0 spiro atoms. The average molecular weight is 315 g/mol. The maximum Gasteiger partial charge on any atom is 0.128 e. The Balaban J connectivity index is 2.12. The molecule has 0 fully saturated rings. The largest absolute Gasteiger partial charge is 0.266 e. The minimum Gasteiger partial charge on any atom is -0.266 e. The predicted octanol–water partition coefficient (Wildman–Crippen LogP) is 4.67. The number of hydrogen-bond donors (Lipinski definition) is 0. The average Bonchev–Trinajstić information content (AvgIpc) is 2.62. The van der Waals surface area contributed by atoms with Gasteiger partial charge in [0.15, 0.2) is 0 Å². The van der Waals surface area contributed by atoms with Crippen LogP contribution in [0.2, 0.25) is 13.1 Å². The molecule has 0 bridgehead atoms. The van der Waals surface area contributed by atoms with Crippen molar-refractivity contribution in [1.29, 1.82) is 0 Å². The standard InChI is InChI=1S/C21H21NSi/c1-23(2,21-15-9-10-16-22-21)17-20(18-11-5-3-6-12-18)19-13-7-4-8-14-19/h3-17H,1-2H3. The molecule has 1 aromatic heterocycles. The van der Waals surface area contributed by atoms with Crippen LogP contribution in [0, 0.1) is 0 Å². The van der Waals surface area contributed by atoms with Gasteiger partial charge >= 0.3 is 0 Å². The molecular weight excluding hydrogens is 294 g/mol. The predicted molar refractivity (Wildman–Crippen MR) is 101 cm³/mol. The van der Waals surface area contributed by atoms with Crippen LogP contribution in [0.5, 0.6) is 0 Å². The van der Waals surface area contributed by atoms with E-state index in [1.54, 1.807) is 0 Å². The van der Waals surface area contributed by atoms with Crippen LogP contribution in [0.25, 0.3) is 5.57 Å². The summed E-state index contributed by atoms with van der Waals surface area (Å²) < 4.78 is 0. The van der Waals surface area contributed by atoms with E-state index >= 15 is 0 Å². The summed E-state index contributed by atoms with van der Waals surface area (Å²) in [7, 11) is -1.78. The first-order valence-corrected chi connectivity index (χ1v) is 11.0. The number of aromatic nitrogens is 1. The summed E-state index contributed by atoms with van der Waals surface area (Å²) in [5.41, 5.74) is 6.28. The van der Waals surface area contributed by atoms with Crippen molar-refractivity contribution in [2.75, 3.05) is 0 Å². The van der Waals surface area contributed by atoms with Crippen molar-refractivity contribution in [2.24, 2.45) is 0 Å². The van der Waals surface area contributed by atoms with E-state index in [2.05, 4.69) is 96.6 Å². The van der Waals surface area contributed by atoms with Gasteiger partial charge in [0.1, 0.15) is 8.07 Å².